The molecule has 0 amide bonds. The van der Waals surface area contributed by atoms with Crippen LogP contribution in [-0.4, -0.2) is 10.2 Å². The van der Waals surface area contributed by atoms with Gasteiger partial charge in [-0.3, -0.25) is 4.79 Å². The molecule has 3 nitrogen and oxygen atoms in total. The van der Waals surface area contributed by atoms with Crippen LogP contribution in [0.1, 0.15) is 86.8 Å². The van der Waals surface area contributed by atoms with Crippen LogP contribution in [0.4, 0.5) is 0 Å². The fourth-order valence-electron chi connectivity index (χ4n) is 4.37. The summed E-state index contributed by atoms with van der Waals surface area (Å²) in [7, 11) is 0. The Bertz CT molecular complexity index is 1320. The van der Waals surface area contributed by atoms with Crippen molar-refractivity contribution < 1.29 is 9.53 Å². The number of hydrogen-bond donors (Lipinski definition) is 0. The summed E-state index contributed by atoms with van der Waals surface area (Å²) in [5.74, 6) is 0.836. The molecule has 182 valence electrons. The first-order chi connectivity index (χ1) is 16.5. The number of nitrogens with zero attached hydrogens (tertiary/aromatic N) is 1. The SMILES string of the molecule is CCc1cc2c(OCc3ccccc3)cccn2c1C(=O)c1cc(C(C)(C)C)cc(C(C)(C)C)c1. The molecule has 0 saturated carbocycles. The number of ketones is 1. The molecule has 0 N–H and O–H groups in total. The first-order valence-electron chi connectivity index (χ1n) is 12.5. The number of aryl methyl sites for hydroxylation is 1. The summed E-state index contributed by atoms with van der Waals surface area (Å²) in [6.07, 6.45) is 2.74. The third kappa shape index (κ3) is 5.19. The molecule has 0 aliphatic heterocycles. The van der Waals surface area contributed by atoms with E-state index in [0.29, 0.717) is 6.61 Å². The summed E-state index contributed by atoms with van der Waals surface area (Å²) in [4.78, 5) is 14.1. The monoisotopic (exact) mass is 467 g/mol. The Hall–Kier alpha value is -3.33. The molecule has 0 aliphatic carbocycles. The molecule has 35 heavy (non-hydrogen) atoms. The van der Waals surface area contributed by atoms with Crippen LogP contribution in [0.5, 0.6) is 5.75 Å². The predicted molar refractivity (Wildman–Crippen MR) is 145 cm³/mol. The molecule has 0 unspecified atom stereocenters. The van der Waals surface area contributed by atoms with Crippen molar-refractivity contribution in [1.82, 2.24) is 4.40 Å². The Morgan fingerprint density at radius 2 is 1.46 bits per heavy atom. The summed E-state index contributed by atoms with van der Waals surface area (Å²) in [5.41, 5.74) is 6.79. The molecule has 0 radical (unpaired) electrons. The third-order valence-corrected chi connectivity index (χ3v) is 6.61. The minimum atomic E-state index is -0.0520. The maximum absolute atomic E-state index is 14.1. The van der Waals surface area contributed by atoms with Crippen LogP contribution in [0, 0.1) is 0 Å². The van der Waals surface area contributed by atoms with Gasteiger partial charge in [-0.2, -0.15) is 0 Å². The van der Waals surface area contributed by atoms with Gasteiger partial charge in [0, 0.05) is 11.8 Å². The highest BCUT2D eigenvalue weighted by Crippen LogP contribution is 2.33. The van der Waals surface area contributed by atoms with Crippen molar-refractivity contribution in [2.45, 2.75) is 72.3 Å². The van der Waals surface area contributed by atoms with Gasteiger partial charge in [0.15, 0.2) is 0 Å². The van der Waals surface area contributed by atoms with Gasteiger partial charge in [-0.15, -0.1) is 0 Å². The maximum atomic E-state index is 14.1. The number of carbonyl (C=O) groups is 1. The number of fused-ring (bicyclic) bond motifs is 1. The molecule has 0 atom stereocenters. The highest BCUT2D eigenvalue weighted by atomic mass is 16.5. The van der Waals surface area contributed by atoms with E-state index in [0.717, 1.165) is 40.1 Å². The largest absolute Gasteiger partial charge is 0.487 e. The lowest BCUT2D eigenvalue weighted by Gasteiger charge is -2.26. The normalized spacial score (nSPS) is 12.2. The van der Waals surface area contributed by atoms with Gasteiger partial charge in [0.1, 0.15) is 12.4 Å². The van der Waals surface area contributed by atoms with E-state index in [1.165, 1.54) is 11.1 Å². The molecule has 4 rings (SSSR count). The average Bonchev–Trinajstić information content (AvgIpc) is 3.21. The number of rotatable bonds is 6. The number of pyridine rings is 1. The average molecular weight is 468 g/mol. The summed E-state index contributed by atoms with van der Waals surface area (Å²) < 4.78 is 8.20. The highest BCUT2D eigenvalue weighted by molar-refractivity contribution is 6.10. The summed E-state index contributed by atoms with van der Waals surface area (Å²) in [6.45, 7) is 15.8. The van der Waals surface area contributed by atoms with Crippen molar-refractivity contribution in [1.29, 1.82) is 0 Å². The number of ether oxygens (including phenoxy) is 1. The second-order valence-corrected chi connectivity index (χ2v) is 11.4. The first-order valence-corrected chi connectivity index (χ1v) is 12.5. The van der Waals surface area contributed by atoms with Crippen LogP contribution in [0.3, 0.4) is 0 Å². The Balaban J connectivity index is 1.80. The van der Waals surface area contributed by atoms with E-state index in [4.69, 9.17) is 4.74 Å². The van der Waals surface area contributed by atoms with E-state index < -0.39 is 0 Å². The molecular formula is C32H37NO2. The molecule has 3 heteroatoms. The van der Waals surface area contributed by atoms with E-state index in [1.54, 1.807) is 0 Å². The lowest BCUT2D eigenvalue weighted by Crippen LogP contribution is -2.19. The molecule has 0 saturated heterocycles. The lowest BCUT2D eigenvalue weighted by molar-refractivity contribution is 0.103. The second kappa shape index (κ2) is 9.37. The molecule has 2 aromatic heterocycles. The van der Waals surface area contributed by atoms with Gasteiger partial charge in [0.2, 0.25) is 5.78 Å². The first kappa shape index (κ1) is 24.8. The standard InChI is InChI=1S/C32H37NO2/c1-8-23-19-27-28(35-21-22-13-10-9-11-14-22)15-12-16-33(27)29(23)30(34)24-17-25(31(2,3)4)20-26(18-24)32(5,6)7/h9-20H,8,21H2,1-7H3. The number of benzene rings is 2. The van der Waals surface area contributed by atoms with Crippen LogP contribution in [0.15, 0.2) is 72.9 Å². The van der Waals surface area contributed by atoms with E-state index in [-0.39, 0.29) is 16.6 Å². The topological polar surface area (TPSA) is 30.7 Å². The summed E-state index contributed by atoms with van der Waals surface area (Å²) in [6, 6.07) is 22.6. The third-order valence-electron chi connectivity index (χ3n) is 6.61. The molecule has 0 bridgehead atoms. The zero-order valence-electron chi connectivity index (χ0n) is 22.1. The minimum Gasteiger partial charge on any atom is -0.487 e. The lowest BCUT2D eigenvalue weighted by atomic mass is 9.79. The van der Waals surface area contributed by atoms with Crippen molar-refractivity contribution in [2.75, 3.05) is 0 Å². The van der Waals surface area contributed by atoms with E-state index in [9.17, 15) is 4.79 Å². The Morgan fingerprint density at radius 3 is 2.03 bits per heavy atom. The highest BCUT2D eigenvalue weighted by Gasteiger charge is 2.25. The van der Waals surface area contributed by atoms with Crippen LogP contribution in [0.2, 0.25) is 0 Å². The molecule has 0 aliphatic rings. The smallest absolute Gasteiger partial charge is 0.210 e. The van der Waals surface area contributed by atoms with Crippen LogP contribution in [-0.2, 0) is 23.9 Å². The van der Waals surface area contributed by atoms with E-state index in [1.807, 2.05) is 40.9 Å². The zero-order chi connectivity index (χ0) is 25.4. The van der Waals surface area contributed by atoms with Crippen molar-refractivity contribution in [2.24, 2.45) is 0 Å². The maximum Gasteiger partial charge on any atom is 0.210 e. The van der Waals surface area contributed by atoms with E-state index >= 15 is 0 Å². The van der Waals surface area contributed by atoms with Crippen molar-refractivity contribution in [3.8, 4) is 5.75 Å². The van der Waals surface area contributed by atoms with Gasteiger partial charge in [-0.25, -0.2) is 0 Å². The quantitative estimate of drug-likeness (QED) is 0.270. The fourth-order valence-corrected chi connectivity index (χ4v) is 4.37. The Kier molecular flexibility index (Phi) is 6.64. The van der Waals surface area contributed by atoms with Crippen molar-refractivity contribution in [3.05, 3.63) is 106 Å². The number of hydrogen-bond acceptors (Lipinski definition) is 2. The van der Waals surface area contributed by atoms with Gasteiger partial charge >= 0.3 is 0 Å². The Morgan fingerprint density at radius 1 is 0.829 bits per heavy atom. The van der Waals surface area contributed by atoms with Gasteiger partial charge in [0.25, 0.3) is 0 Å². The summed E-state index contributed by atoms with van der Waals surface area (Å²) in [5, 5.41) is 0. The van der Waals surface area contributed by atoms with Gasteiger partial charge < -0.3 is 9.14 Å². The van der Waals surface area contributed by atoms with Gasteiger partial charge in [0.05, 0.1) is 11.2 Å². The van der Waals surface area contributed by atoms with Crippen LogP contribution < -0.4 is 4.74 Å². The Labute approximate surface area is 209 Å². The minimum absolute atomic E-state index is 0.0520. The van der Waals surface area contributed by atoms with Gasteiger partial charge in [-0.1, -0.05) is 84.9 Å². The molecule has 2 heterocycles. The molecule has 4 aromatic rings. The molecule has 2 aromatic carbocycles. The molecular weight excluding hydrogens is 430 g/mol. The van der Waals surface area contributed by atoms with E-state index in [2.05, 4.69) is 84.9 Å². The number of aromatic nitrogens is 1. The van der Waals surface area contributed by atoms with Crippen molar-refractivity contribution >= 4 is 11.3 Å². The number of carbonyl (C=O) groups excluding carboxylic acids is 1. The predicted octanol–water partition coefficient (Wildman–Crippen LogP) is 7.91. The molecule has 0 fully saturated rings. The van der Waals surface area contributed by atoms with Crippen LogP contribution in [0.25, 0.3) is 5.52 Å². The van der Waals surface area contributed by atoms with Crippen LogP contribution >= 0.6 is 0 Å². The van der Waals surface area contributed by atoms with Crippen molar-refractivity contribution in [3.63, 3.8) is 0 Å². The zero-order valence-corrected chi connectivity index (χ0v) is 22.1. The summed E-state index contributed by atoms with van der Waals surface area (Å²) >= 11 is 0. The second-order valence-electron chi connectivity index (χ2n) is 11.4. The fraction of sp³-hybridized carbons (Fsp3) is 0.344. The molecule has 0 spiro atoms. The van der Waals surface area contributed by atoms with Gasteiger partial charge in [-0.05, 0) is 69.8 Å².